The summed E-state index contributed by atoms with van der Waals surface area (Å²) in [5.74, 6) is -0.172. The minimum absolute atomic E-state index is 0.249. The third-order valence-corrected chi connectivity index (χ3v) is 3.94. The van der Waals surface area contributed by atoms with Gasteiger partial charge in [0.1, 0.15) is 25.3 Å². The Morgan fingerprint density at radius 3 is 2.64 bits per heavy atom. The first-order valence-corrected chi connectivity index (χ1v) is 7.29. The largest absolute Gasteiger partial charge is 0.486 e. The molecule has 2 atom stereocenters. The monoisotopic (exact) mass is 306 g/mol. The van der Waals surface area contributed by atoms with Crippen LogP contribution in [-0.4, -0.2) is 42.3 Å². The molecule has 2 aliphatic rings. The average Bonchev–Trinajstić information content (AvgIpc) is 2.52. The Morgan fingerprint density at radius 2 is 2.05 bits per heavy atom. The summed E-state index contributed by atoms with van der Waals surface area (Å²) in [6, 6.07) is 2.03. The predicted molar refractivity (Wildman–Crippen MR) is 79.7 cm³/mol. The van der Waals surface area contributed by atoms with Crippen molar-refractivity contribution >= 4 is 23.3 Å². The van der Waals surface area contributed by atoms with Gasteiger partial charge in [0.25, 0.3) is 0 Å². The van der Waals surface area contributed by atoms with Gasteiger partial charge in [-0.25, -0.2) is 4.79 Å². The van der Waals surface area contributed by atoms with Crippen LogP contribution in [0.1, 0.15) is 20.3 Å². The number of benzene rings is 1. The fraction of sp³-hybridized carbons (Fsp3) is 0.467. The summed E-state index contributed by atoms with van der Waals surface area (Å²) in [5.41, 5.74) is 1.19. The zero-order valence-corrected chi connectivity index (χ0v) is 12.5. The number of carbonyl (C=O) groups excluding carboxylic acids is 1. The molecule has 3 rings (SSSR count). The molecule has 2 heterocycles. The van der Waals surface area contributed by atoms with Crippen LogP contribution >= 0.6 is 0 Å². The molecule has 2 unspecified atom stereocenters. The highest BCUT2D eigenvalue weighted by molar-refractivity contribution is 6.08. The van der Waals surface area contributed by atoms with E-state index in [0.717, 1.165) is 0 Å². The number of nitrogens with zero attached hydrogens (tertiary/aromatic N) is 1. The molecule has 2 N–H and O–H groups in total. The number of anilines is 2. The van der Waals surface area contributed by atoms with Crippen LogP contribution in [0.15, 0.2) is 12.1 Å². The topological polar surface area (TPSA) is 88.1 Å². The first kappa shape index (κ1) is 14.5. The van der Waals surface area contributed by atoms with Crippen LogP contribution in [-0.2, 0) is 9.59 Å². The fourth-order valence-electron chi connectivity index (χ4n) is 2.72. The summed E-state index contributed by atoms with van der Waals surface area (Å²) in [6.07, 6.45) is 0.565. The summed E-state index contributed by atoms with van der Waals surface area (Å²) in [5, 5.41) is 12.5. The smallest absolute Gasteiger partial charge is 0.326 e. The van der Waals surface area contributed by atoms with Crippen molar-refractivity contribution in [2.24, 2.45) is 0 Å². The average molecular weight is 306 g/mol. The lowest BCUT2D eigenvalue weighted by atomic mass is 10.0. The molecular weight excluding hydrogens is 288 g/mol. The van der Waals surface area contributed by atoms with E-state index >= 15 is 0 Å². The Labute approximate surface area is 127 Å². The molecule has 0 spiro atoms. The fourth-order valence-corrected chi connectivity index (χ4v) is 2.72. The first-order valence-electron chi connectivity index (χ1n) is 7.29. The minimum Gasteiger partial charge on any atom is -0.486 e. The number of carboxylic acid groups (broad SMARTS) is 1. The van der Waals surface area contributed by atoms with Crippen molar-refractivity contribution in [1.82, 2.24) is 0 Å². The second-order valence-electron chi connectivity index (χ2n) is 5.34. The van der Waals surface area contributed by atoms with Crippen LogP contribution in [0.25, 0.3) is 0 Å². The van der Waals surface area contributed by atoms with Crippen LogP contribution in [0.4, 0.5) is 11.4 Å². The van der Waals surface area contributed by atoms with Gasteiger partial charge in [-0.1, -0.05) is 6.92 Å². The standard InChI is InChI=1S/C15H18N2O5/c1-3-9-14(18)17(8(2)15(19)20)11-7-13-12(6-10(11)16-9)21-4-5-22-13/h6-9,16H,3-5H2,1-2H3,(H,19,20). The number of fused-ring (bicyclic) bond motifs is 2. The lowest BCUT2D eigenvalue weighted by Gasteiger charge is -2.38. The lowest BCUT2D eigenvalue weighted by molar-refractivity contribution is -0.139. The number of hydrogen-bond donors (Lipinski definition) is 2. The highest BCUT2D eigenvalue weighted by Gasteiger charge is 2.38. The summed E-state index contributed by atoms with van der Waals surface area (Å²) in [4.78, 5) is 25.2. The number of rotatable bonds is 3. The van der Waals surface area contributed by atoms with Crippen molar-refractivity contribution < 1.29 is 24.2 Å². The van der Waals surface area contributed by atoms with E-state index in [0.29, 0.717) is 42.5 Å². The van der Waals surface area contributed by atoms with E-state index in [1.165, 1.54) is 11.8 Å². The number of nitrogens with one attached hydrogen (secondary N) is 1. The van der Waals surface area contributed by atoms with Gasteiger partial charge >= 0.3 is 5.97 Å². The Balaban J connectivity index is 2.10. The zero-order valence-electron chi connectivity index (χ0n) is 12.5. The lowest BCUT2D eigenvalue weighted by Crippen LogP contribution is -2.53. The van der Waals surface area contributed by atoms with Gasteiger partial charge in [-0.2, -0.15) is 0 Å². The third kappa shape index (κ3) is 2.22. The minimum atomic E-state index is -1.05. The number of hydrogen-bond acceptors (Lipinski definition) is 5. The van der Waals surface area contributed by atoms with Crippen molar-refractivity contribution in [2.45, 2.75) is 32.4 Å². The molecule has 22 heavy (non-hydrogen) atoms. The molecule has 0 radical (unpaired) electrons. The third-order valence-electron chi connectivity index (χ3n) is 3.94. The Morgan fingerprint density at radius 1 is 1.41 bits per heavy atom. The molecule has 0 saturated heterocycles. The molecule has 0 aliphatic carbocycles. The summed E-state index contributed by atoms with van der Waals surface area (Å²) in [7, 11) is 0. The van der Waals surface area contributed by atoms with E-state index < -0.39 is 18.1 Å². The second-order valence-corrected chi connectivity index (χ2v) is 5.34. The maximum Gasteiger partial charge on any atom is 0.326 e. The second kappa shape index (κ2) is 5.40. The van der Waals surface area contributed by atoms with Crippen molar-refractivity contribution in [3.63, 3.8) is 0 Å². The van der Waals surface area contributed by atoms with E-state index in [4.69, 9.17) is 9.47 Å². The molecule has 1 amide bonds. The van der Waals surface area contributed by atoms with E-state index in [1.54, 1.807) is 12.1 Å². The molecule has 0 aromatic heterocycles. The van der Waals surface area contributed by atoms with Gasteiger partial charge in [-0.05, 0) is 13.3 Å². The molecule has 1 aromatic carbocycles. The van der Waals surface area contributed by atoms with E-state index in [9.17, 15) is 14.7 Å². The van der Waals surface area contributed by atoms with E-state index in [-0.39, 0.29) is 5.91 Å². The SMILES string of the molecule is CCC1Nc2cc3c(cc2N(C(C)C(=O)O)C1=O)OCCO3. The van der Waals surface area contributed by atoms with Crippen molar-refractivity contribution in [1.29, 1.82) is 0 Å². The molecule has 0 fully saturated rings. The molecule has 7 nitrogen and oxygen atoms in total. The first-order chi connectivity index (χ1) is 10.5. The Bertz CT molecular complexity index is 631. The quantitative estimate of drug-likeness (QED) is 0.879. The molecule has 1 aromatic rings. The number of carbonyl (C=O) groups is 2. The predicted octanol–water partition coefficient (Wildman–Crippen LogP) is 1.47. The highest BCUT2D eigenvalue weighted by atomic mass is 16.6. The molecule has 0 bridgehead atoms. The van der Waals surface area contributed by atoms with Crippen LogP contribution in [0.5, 0.6) is 11.5 Å². The Kier molecular flexibility index (Phi) is 3.56. The van der Waals surface area contributed by atoms with E-state index in [2.05, 4.69) is 5.32 Å². The van der Waals surface area contributed by atoms with Gasteiger partial charge in [0.2, 0.25) is 5.91 Å². The van der Waals surface area contributed by atoms with Crippen molar-refractivity contribution in [2.75, 3.05) is 23.4 Å². The zero-order chi connectivity index (χ0) is 15.9. The summed E-state index contributed by atoms with van der Waals surface area (Å²) in [6.45, 7) is 4.28. The van der Waals surface area contributed by atoms with Gasteiger partial charge in [0.15, 0.2) is 11.5 Å². The normalized spacial score (nSPS) is 20.9. The molecule has 0 saturated carbocycles. The number of aliphatic carboxylic acids is 1. The van der Waals surface area contributed by atoms with Gasteiger partial charge in [0, 0.05) is 12.1 Å². The molecular formula is C15H18N2O5. The molecule has 118 valence electrons. The number of amides is 1. The van der Waals surface area contributed by atoms with Crippen LogP contribution in [0, 0.1) is 0 Å². The van der Waals surface area contributed by atoms with Gasteiger partial charge in [-0.3, -0.25) is 9.69 Å². The van der Waals surface area contributed by atoms with Crippen LogP contribution < -0.4 is 19.7 Å². The maximum atomic E-state index is 12.6. The van der Waals surface area contributed by atoms with Gasteiger partial charge < -0.3 is 19.9 Å². The van der Waals surface area contributed by atoms with Gasteiger partial charge in [0.05, 0.1) is 11.4 Å². The van der Waals surface area contributed by atoms with Crippen molar-refractivity contribution in [3.05, 3.63) is 12.1 Å². The summed E-state index contributed by atoms with van der Waals surface area (Å²) < 4.78 is 11.1. The maximum absolute atomic E-state index is 12.6. The van der Waals surface area contributed by atoms with E-state index in [1.807, 2.05) is 6.92 Å². The molecule has 2 aliphatic heterocycles. The highest BCUT2D eigenvalue weighted by Crippen LogP contribution is 2.43. The van der Waals surface area contributed by atoms with Gasteiger partial charge in [-0.15, -0.1) is 0 Å². The number of ether oxygens (including phenoxy) is 2. The summed E-state index contributed by atoms with van der Waals surface area (Å²) >= 11 is 0. The molecule has 7 heteroatoms. The Hall–Kier alpha value is -2.44. The van der Waals surface area contributed by atoms with Crippen LogP contribution in [0.2, 0.25) is 0 Å². The van der Waals surface area contributed by atoms with Crippen molar-refractivity contribution in [3.8, 4) is 11.5 Å². The van der Waals surface area contributed by atoms with Crippen LogP contribution in [0.3, 0.4) is 0 Å². The number of carboxylic acids is 1.